The quantitative estimate of drug-likeness (QED) is 0.598. The zero-order chi connectivity index (χ0) is 19.5. The van der Waals surface area contributed by atoms with Crippen LogP contribution in [0, 0.1) is 11.9 Å². The summed E-state index contributed by atoms with van der Waals surface area (Å²) >= 11 is 0. The predicted octanol–water partition coefficient (Wildman–Crippen LogP) is 3.22. The van der Waals surface area contributed by atoms with Crippen LogP contribution in [0.25, 0.3) is 0 Å². The number of pyridine rings is 1. The van der Waals surface area contributed by atoms with E-state index < -0.39 is 12.0 Å². The maximum Gasteiger partial charge on any atom is 0.410 e. The van der Waals surface area contributed by atoms with Gasteiger partial charge in [0.25, 0.3) is 0 Å². The van der Waals surface area contributed by atoms with Crippen LogP contribution in [0.5, 0.6) is 0 Å². The number of morpholine rings is 1. The van der Waals surface area contributed by atoms with E-state index in [1.807, 2.05) is 30.3 Å². The third kappa shape index (κ3) is 3.89. The maximum atomic E-state index is 13.4. The number of benzene rings is 1. The first kappa shape index (κ1) is 18.6. The maximum absolute atomic E-state index is 13.4. The van der Waals surface area contributed by atoms with Gasteiger partial charge in [-0.05, 0) is 30.5 Å². The van der Waals surface area contributed by atoms with Gasteiger partial charge in [-0.1, -0.05) is 36.4 Å². The standard InChI is InChI=1S/C21H21FN2O4/c22-19-8-4-7-18(23-19)20(25)15-9-16-12-27-13-17(10-15)24(16)21(26)28-11-14-5-2-1-3-6-14/h1-8,15-17H,9-13H2. The van der Waals surface area contributed by atoms with E-state index in [-0.39, 0.29) is 36.1 Å². The fraction of sp³-hybridized carbons (Fsp3) is 0.381. The molecule has 6 nitrogen and oxygen atoms in total. The second kappa shape index (κ2) is 8.06. The molecule has 1 aromatic carbocycles. The number of halogens is 1. The summed E-state index contributed by atoms with van der Waals surface area (Å²) in [5, 5.41) is 0. The number of piperidine rings is 1. The van der Waals surface area contributed by atoms with Gasteiger partial charge in [0.2, 0.25) is 5.95 Å². The highest BCUT2D eigenvalue weighted by atomic mass is 19.1. The largest absolute Gasteiger partial charge is 0.445 e. The topological polar surface area (TPSA) is 68.7 Å². The van der Waals surface area contributed by atoms with E-state index >= 15 is 0 Å². The molecule has 0 N–H and O–H groups in total. The minimum atomic E-state index is -0.670. The third-order valence-electron chi connectivity index (χ3n) is 5.27. The third-order valence-corrected chi connectivity index (χ3v) is 5.27. The predicted molar refractivity (Wildman–Crippen MR) is 98.1 cm³/mol. The number of aromatic nitrogens is 1. The molecule has 28 heavy (non-hydrogen) atoms. The van der Waals surface area contributed by atoms with Gasteiger partial charge < -0.3 is 9.47 Å². The summed E-state index contributed by atoms with van der Waals surface area (Å²) in [7, 11) is 0. The van der Waals surface area contributed by atoms with E-state index in [0.29, 0.717) is 26.1 Å². The van der Waals surface area contributed by atoms with E-state index in [4.69, 9.17) is 9.47 Å². The van der Waals surface area contributed by atoms with Gasteiger partial charge in [0.15, 0.2) is 5.78 Å². The lowest BCUT2D eigenvalue weighted by atomic mass is 9.82. The number of hydrogen-bond acceptors (Lipinski definition) is 5. The number of fused-ring (bicyclic) bond motifs is 2. The van der Waals surface area contributed by atoms with Crippen molar-refractivity contribution >= 4 is 11.9 Å². The Hall–Kier alpha value is -2.80. The molecule has 2 saturated heterocycles. The normalized spacial score (nSPS) is 23.9. The van der Waals surface area contributed by atoms with Crippen molar-refractivity contribution in [1.29, 1.82) is 0 Å². The number of nitrogens with zero attached hydrogens (tertiary/aromatic N) is 2. The number of carbonyl (C=O) groups is 2. The lowest BCUT2D eigenvalue weighted by molar-refractivity contribution is -0.0756. The Morgan fingerprint density at radius 1 is 1.07 bits per heavy atom. The summed E-state index contributed by atoms with van der Waals surface area (Å²) in [5.74, 6) is -1.17. The fourth-order valence-electron chi connectivity index (χ4n) is 3.98. The SMILES string of the molecule is O=C(c1cccc(F)n1)C1CC2COCC(C1)N2C(=O)OCc1ccccc1. The molecule has 4 rings (SSSR count). The highest BCUT2D eigenvalue weighted by Crippen LogP contribution is 2.34. The Balaban J connectivity index is 1.43. The van der Waals surface area contributed by atoms with Crippen molar-refractivity contribution in [3.05, 3.63) is 65.7 Å². The first-order valence-corrected chi connectivity index (χ1v) is 9.35. The number of hydrogen-bond donors (Lipinski definition) is 0. The van der Waals surface area contributed by atoms with Gasteiger partial charge in [0.05, 0.1) is 25.3 Å². The number of rotatable bonds is 4. The van der Waals surface area contributed by atoms with Crippen molar-refractivity contribution < 1.29 is 23.5 Å². The van der Waals surface area contributed by atoms with Crippen molar-refractivity contribution in [3.8, 4) is 0 Å². The number of ketones is 1. The van der Waals surface area contributed by atoms with Crippen LogP contribution < -0.4 is 0 Å². The van der Waals surface area contributed by atoms with Gasteiger partial charge in [-0.25, -0.2) is 9.78 Å². The van der Waals surface area contributed by atoms with E-state index in [9.17, 15) is 14.0 Å². The molecule has 0 aliphatic carbocycles. The molecule has 0 saturated carbocycles. The van der Waals surface area contributed by atoms with Crippen LogP contribution in [0.3, 0.4) is 0 Å². The molecule has 2 fully saturated rings. The molecule has 2 aliphatic rings. The minimum absolute atomic E-state index is 0.129. The molecule has 2 atom stereocenters. The van der Waals surface area contributed by atoms with Crippen molar-refractivity contribution in [1.82, 2.24) is 9.88 Å². The van der Waals surface area contributed by atoms with Gasteiger partial charge in [0.1, 0.15) is 12.3 Å². The summed E-state index contributed by atoms with van der Waals surface area (Å²) in [5.41, 5.74) is 1.04. The van der Waals surface area contributed by atoms with E-state index in [1.165, 1.54) is 18.2 Å². The van der Waals surface area contributed by atoms with E-state index in [2.05, 4.69) is 4.98 Å². The van der Waals surface area contributed by atoms with Crippen LogP contribution >= 0.6 is 0 Å². The highest BCUT2D eigenvalue weighted by Gasteiger charge is 2.44. The highest BCUT2D eigenvalue weighted by molar-refractivity contribution is 5.96. The number of Topliss-reactive ketones (excluding diaryl/α,β-unsaturated/α-hetero) is 1. The molecular formula is C21H21FN2O4. The van der Waals surface area contributed by atoms with Gasteiger partial charge in [-0.3, -0.25) is 9.69 Å². The lowest BCUT2D eigenvalue weighted by Gasteiger charge is -2.47. The van der Waals surface area contributed by atoms with Crippen LogP contribution in [-0.4, -0.2) is 47.1 Å². The van der Waals surface area contributed by atoms with Crippen LogP contribution in [0.15, 0.2) is 48.5 Å². The zero-order valence-electron chi connectivity index (χ0n) is 15.3. The monoisotopic (exact) mass is 384 g/mol. The smallest absolute Gasteiger partial charge is 0.410 e. The molecule has 1 amide bonds. The summed E-state index contributed by atoms with van der Waals surface area (Å²) in [6.45, 7) is 0.917. The molecule has 3 heterocycles. The zero-order valence-corrected chi connectivity index (χ0v) is 15.3. The van der Waals surface area contributed by atoms with Crippen molar-refractivity contribution in [3.63, 3.8) is 0 Å². The Kier molecular flexibility index (Phi) is 5.34. The minimum Gasteiger partial charge on any atom is -0.445 e. The van der Waals surface area contributed by atoms with Gasteiger partial charge in [0, 0.05) is 5.92 Å². The molecular weight excluding hydrogens is 363 g/mol. The number of carbonyl (C=O) groups excluding carboxylic acids is 2. The van der Waals surface area contributed by atoms with Crippen LogP contribution in [0.1, 0.15) is 28.9 Å². The molecule has 2 unspecified atom stereocenters. The lowest BCUT2D eigenvalue weighted by Crippen LogP contribution is -2.60. The van der Waals surface area contributed by atoms with Crippen LogP contribution in [-0.2, 0) is 16.1 Å². The molecule has 0 radical (unpaired) electrons. The fourth-order valence-corrected chi connectivity index (χ4v) is 3.98. The van der Waals surface area contributed by atoms with Crippen molar-refractivity contribution in [2.24, 2.45) is 5.92 Å². The molecule has 1 aromatic heterocycles. The average Bonchev–Trinajstić information content (AvgIpc) is 2.71. The Labute approximate surface area is 162 Å². The molecule has 146 valence electrons. The van der Waals surface area contributed by atoms with Gasteiger partial charge >= 0.3 is 6.09 Å². The summed E-state index contributed by atoms with van der Waals surface area (Å²) in [6, 6.07) is 13.2. The van der Waals surface area contributed by atoms with Gasteiger partial charge in [-0.2, -0.15) is 4.39 Å². The average molecular weight is 384 g/mol. The molecule has 7 heteroatoms. The molecule has 2 aliphatic heterocycles. The summed E-state index contributed by atoms with van der Waals surface area (Å²) < 4.78 is 24.4. The summed E-state index contributed by atoms with van der Waals surface area (Å²) in [6.07, 6.45) is 0.513. The van der Waals surface area contributed by atoms with E-state index in [1.54, 1.807) is 4.90 Å². The second-order valence-electron chi connectivity index (χ2n) is 7.17. The number of amides is 1. The van der Waals surface area contributed by atoms with Gasteiger partial charge in [-0.15, -0.1) is 0 Å². The molecule has 2 aromatic rings. The number of ether oxygens (including phenoxy) is 2. The molecule has 2 bridgehead atoms. The van der Waals surface area contributed by atoms with Crippen LogP contribution in [0.2, 0.25) is 0 Å². The summed E-state index contributed by atoms with van der Waals surface area (Å²) in [4.78, 5) is 30.9. The Morgan fingerprint density at radius 3 is 2.46 bits per heavy atom. The second-order valence-corrected chi connectivity index (χ2v) is 7.17. The van der Waals surface area contributed by atoms with Crippen molar-refractivity contribution in [2.45, 2.75) is 31.5 Å². The van der Waals surface area contributed by atoms with E-state index in [0.717, 1.165) is 5.56 Å². The Morgan fingerprint density at radius 2 is 1.79 bits per heavy atom. The first-order valence-electron chi connectivity index (χ1n) is 9.35. The Bertz CT molecular complexity index is 846. The first-order chi connectivity index (χ1) is 13.6. The molecule has 0 spiro atoms. The van der Waals surface area contributed by atoms with Crippen LogP contribution in [0.4, 0.5) is 9.18 Å². The van der Waals surface area contributed by atoms with Crippen molar-refractivity contribution in [2.75, 3.05) is 13.2 Å².